The predicted molar refractivity (Wildman–Crippen MR) is 113 cm³/mol. The Labute approximate surface area is 177 Å². The summed E-state index contributed by atoms with van der Waals surface area (Å²) in [6.45, 7) is 2.24. The molecule has 0 bridgehead atoms. The van der Waals surface area contributed by atoms with E-state index in [-0.39, 0.29) is 18.8 Å². The number of rotatable bonds is 8. The highest BCUT2D eigenvalue weighted by Crippen LogP contribution is 2.11. The molecule has 31 heavy (non-hydrogen) atoms. The second kappa shape index (κ2) is 9.94. The Bertz CT molecular complexity index is 1190. The number of nitrogens with one attached hydrogen (secondary N) is 1. The number of methoxy groups -OCH3 is 1. The van der Waals surface area contributed by atoms with Crippen molar-refractivity contribution in [3.8, 4) is 5.69 Å². The average molecular weight is 426 g/mol. The van der Waals surface area contributed by atoms with Crippen molar-refractivity contribution >= 4 is 5.91 Å². The van der Waals surface area contributed by atoms with Crippen LogP contribution < -0.4 is 16.6 Å². The number of benzene rings is 2. The van der Waals surface area contributed by atoms with Gasteiger partial charge in [-0.3, -0.25) is 14.2 Å². The maximum Gasteiger partial charge on any atom is 0.352 e. The molecule has 8 nitrogen and oxygen atoms in total. The molecule has 0 saturated carbocycles. The number of aryl methyl sites for hydroxylation is 1. The van der Waals surface area contributed by atoms with Gasteiger partial charge >= 0.3 is 5.69 Å². The van der Waals surface area contributed by atoms with Gasteiger partial charge in [-0.1, -0.05) is 36.4 Å². The van der Waals surface area contributed by atoms with Crippen molar-refractivity contribution in [2.45, 2.75) is 19.9 Å². The number of hydrogen-bond donors (Lipinski definition) is 1. The number of halogens is 1. The van der Waals surface area contributed by atoms with Crippen molar-refractivity contribution in [1.29, 1.82) is 0 Å². The summed E-state index contributed by atoms with van der Waals surface area (Å²) in [6.07, 6.45) is 0.545. The molecule has 9 heteroatoms. The standard InChI is InChI=1S/C22H23FN4O4/c1-15-9-10-17(13-18(15)23)27-22(30)26(14-16-7-4-3-5-8-16)21(29)19(25-27)20(28)24-11-6-12-31-2/h3-5,7-10,13H,6,11-12,14H2,1-2H3,(H,24,28). The summed E-state index contributed by atoms with van der Waals surface area (Å²) in [5.41, 5.74) is -0.834. The molecule has 0 spiro atoms. The van der Waals surface area contributed by atoms with Gasteiger partial charge in [0.05, 0.1) is 12.2 Å². The lowest BCUT2D eigenvalue weighted by Crippen LogP contribution is -2.46. The second-order valence-corrected chi connectivity index (χ2v) is 6.96. The topological polar surface area (TPSA) is 95.2 Å². The van der Waals surface area contributed by atoms with Crippen LogP contribution in [-0.2, 0) is 11.3 Å². The van der Waals surface area contributed by atoms with Crippen molar-refractivity contribution in [2.24, 2.45) is 0 Å². The highest BCUT2D eigenvalue weighted by atomic mass is 19.1. The van der Waals surface area contributed by atoms with E-state index in [0.29, 0.717) is 24.2 Å². The van der Waals surface area contributed by atoms with Gasteiger partial charge in [-0.2, -0.15) is 9.78 Å². The zero-order chi connectivity index (χ0) is 22.4. The third-order valence-corrected chi connectivity index (χ3v) is 4.67. The average Bonchev–Trinajstić information content (AvgIpc) is 2.77. The van der Waals surface area contributed by atoms with E-state index in [0.717, 1.165) is 15.3 Å². The van der Waals surface area contributed by atoms with Gasteiger partial charge in [-0.05, 0) is 30.5 Å². The van der Waals surface area contributed by atoms with Gasteiger partial charge in [0.1, 0.15) is 5.82 Å². The van der Waals surface area contributed by atoms with E-state index >= 15 is 0 Å². The van der Waals surface area contributed by atoms with Crippen LogP contribution in [0, 0.1) is 12.7 Å². The highest BCUT2D eigenvalue weighted by Gasteiger charge is 2.20. The van der Waals surface area contributed by atoms with E-state index in [1.54, 1.807) is 38.3 Å². The number of ether oxygens (including phenoxy) is 1. The fraction of sp³-hybridized carbons (Fsp3) is 0.273. The molecule has 0 saturated heterocycles. The van der Waals surface area contributed by atoms with Crippen molar-refractivity contribution in [3.05, 3.63) is 92.0 Å². The first-order chi connectivity index (χ1) is 14.9. The van der Waals surface area contributed by atoms with Crippen LogP contribution in [0.3, 0.4) is 0 Å². The molecule has 2 aromatic carbocycles. The summed E-state index contributed by atoms with van der Waals surface area (Å²) < 4.78 is 20.8. The first kappa shape index (κ1) is 22.1. The molecule has 1 N–H and O–H groups in total. The lowest BCUT2D eigenvalue weighted by molar-refractivity contribution is 0.0938. The molecule has 0 unspecified atom stereocenters. The predicted octanol–water partition coefficient (Wildman–Crippen LogP) is 1.66. The van der Waals surface area contributed by atoms with Crippen LogP contribution in [0.1, 0.15) is 28.0 Å². The Hall–Kier alpha value is -3.59. The van der Waals surface area contributed by atoms with Crippen LogP contribution >= 0.6 is 0 Å². The van der Waals surface area contributed by atoms with Gasteiger partial charge in [0.25, 0.3) is 11.5 Å². The Morgan fingerprint density at radius 3 is 2.58 bits per heavy atom. The van der Waals surface area contributed by atoms with Crippen molar-refractivity contribution in [2.75, 3.05) is 20.3 Å². The molecule has 1 aromatic heterocycles. The van der Waals surface area contributed by atoms with E-state index in [4.69, 9.17) is 4.74 Å². The van der Waals surface area contributed by atoms with E-state index in [9.17, 15) is 18.8 Å². The highest BCUT2D eigenvalue weighted by molar-refractivity contribution is 5.91. The van der Waals surface area contributed by atoms with Crippen molar-refractivity contribution in [1.82, 2.24) is 19.7 Å². The summed E-state index contributed by atoms with van der Waals surface area (Å²) in [4.78, 5) is 38.6. The summed E-state index contributed by atoms with van der Waals surface area (Å²) in [6, 6.07) is 13.0. The van der Waals surface area contributed by atoms with Crippen molar-refractivity contribution in [3.63, 3.8) is 0 Å². The van der Waals surface area contributed by atoms with Crippen LogP contribution in [0.25, 0.3) is 5.69 Å². The van der Waals surface area contributed by atoms with Gasteiger partial charge in [0.2, 0.25) is 5.69 Å². The molecule has 0 aliphatic rings. The lowest BCUT2D eigenvalue weighted by Gasteiger charge is -2.13. The summed E-state index contributed by atoms with van der Waals surface area (Å²) in [5.74, 6) is -1.25. The van der Waals surface area contributed by atoms with Gasteiger partial charge in [-0.25, -0.2) is 9.18 Å². The maximum absolute atomic E-state index is 14.1. The number of aromatic nitrogens is 3. The van der Waals surface area contributed by atoms with Gasteiger partial charge < -0.3 is 10.1 Å². The molecule has 3 aromatic rings. The van der Waals surface area contributed by atoms with Crippen LogP contribution in [0.4, 0.5) is 4.39 Å². The Morgan fingerprint density at radius 2 is 1.90 bits per heavy atom. The number of amides is 1. The van der Waals surface area contributed by atoms with E-state index < -0.39 is 28.7 Å². The SMILES string of the molecule is COCCCNC(=O)c1nn(-c2ccc(C)c(F)c2)c(=O)n(Cc2ccccc2)c1=O. The van der Waals surface area contributed by atoms with Crippen LogP contribution in [0.2, 0.25) is 0 Å². The smallest absolute Gasteiger partial charge is 0.352 e. The molecule has 0 fully saturated rings. The normalized spacial score (nSPS) is 10.8. The third-order valence-electron chi connectivity index (χ3n) is 4.67. The monoisotopic (exact) mass is 426 g/mol. The van der Waals surface area contributed by atoms with E-state index in [1.165, 1.54) is 12.1 Å². The molecule has 162 valence electrons. The molecule has 0 atom stereocenters. The lowest BCUT2D eigenvalue weighted by atomic mass is 10.2. The summed E-state index contributed by atoms with van der Waals surface area (Å²) >= 11 is 0. The molecule has 1 amide bonds. The molecular weight excluding hydrogens is 403 g/mol. The molecule has 3 rings (SSSR count). The van der Waals surface area contributed by atoms with Gasteiger partial charge in [0, 0.05) is 26.3 Å². The fourth-order valence-electron chi connectivity index (χ4n) is 2.95. The van der Waals surface area contributed by atoms with Crippen LogP contribution in [0.15, 0.2) is 58.1 Å². The molecule has 0 radical (unpaired) electrons. The van der Waals surface area contributed by atoms with Gasteiger partial charge in [-0.15, -0.1) is 0 Å². The molecule has 0 aliphatic carbocycles. The fourth-order valence-corrected chi connectivity index (χ4v) is 2.95. The number of hydrogen-bond acceptors (Lipinski definition) is 5. The van der Waals surface area contributed by atoms with E-state index in [2.05, 4.69) is 10.4 Å². The van der Waals surface area contributed by atoms with Crippen molar-refractivity contribution < 1.29 is 13.9 Å². The molecular formula is C22H23FN4O4. The first-order valence-corrected chi connectivity index (χ1v) is 9.74. The quantitative estimate of drug-likeness (QED) is 0.553. The number of nitrogens with zero attached hydrogens (tertiary/aromatic N) is 3. The Kier molecular flexibility index (Phi) is 7.09. The Balaban J connectivity index is 2.10. The Morgan fingerprint density at radius 1 is 1.16 bits per heavy atom. The minimum Gasteiger partial charge on any atom is -0.385 e. The zero-order valence-electron chi connectivity index (χ0n) is 17.3. The molecule has 0 aliphatic heterocycles. The maximum atomic E-state index is 14.1. The van der Waals surface area contributed by atoms with E-state index in [1.807, 2.05) is 6.07 Å². The summed E-state index contributed by atoms with van der Waals surface area (Å²) in [7, 11) is 1.54. The van der Waals surface area contributed by atoms with Crippen LogP contribution in [-0.4, -0.2) is 40.5 Å². The van der Waals surface area contributed by atoms with Crippen LogP contribution in [0.5, 0.6) is 0 Å². The minimum atomic E-state index is -0.818. The summed E-state index contributed by atoms with van der Waals surface area (Å²) in [5, 5.41) is 6.57. The largest absolute Gasteiger partial charge is 0.385 e. The molecule has 1 heterocycles. The number of carbonyl (C=O) groups excluding carboxylic acids is 1. The minimum absolute atomic E-state index is 0.0562. The first-order valence-electron chi connectivity index (χ1n) is 9.74. The second-order valence-electron chi connectivity index (χ2n) is 6.96. The third kappa shape index (κ3) is 5.13. The number of carbonyl (C=O) groups is 1. The van der Waals surface area contributed by atoms with Gasteiger partial charge in [0.15, 0.2) is 0 Å². The zero-order valence-corrected chi connectivity index (χ0v) is 17.3.